The summed E-state index contributed by atoms with van der Waals surface area (Å²) in [7, 11) is -14.0. The lowest BCUT2D eigenvalue weighted by Gasteiger charge is -2.37. The molecule has 2 aromatic carbocycles. The summed E-state index contributed by atoms with van der Waals surface area (Å²) in [4.78, 5) is 8.78. The van der Waals surface area contributed by atoms with Crippen LogP contribution in [0.15, 0.2) is 105 Å². The largest absolute Gasteiger partial charge is 0.373 e. The van der Waals surface area contributed by atoms with E-state index in [1.807, 2.05) is 26.0 Å². The predicted molar refractivity (Wildman–Crippen MR) is 204 cm³/mol. The van der Waals surface area contributed by atoms with Crippen molar-refractivity contribution < 1.29 is 43.1 Å². The van der Waals surface area contributed by atoms with Crippen molar-refractivity contribution in [1.29, 1.82) is 0 Å². The zero-order valence-corrected chi connectivity index (χ0v) is 34.4. The summed E-state index contributed by atoms with van der Waals surface area (Å²) in [5.41, 5.74) is 2.91. The maximum Gasteiger partial charge on any atom is 0.184 e. The Bertz CT molecular complexity index is 2300. The summed E-state index contributed by atoms with van der Waals surface area (Å²) in [5, 5.41) is 0. The molecule has 0 N–H and O–H groups in total. The Morgan fingerprint density at radius 2 is 0.926 bits per heavy atom. The number of ether oxygens (including phenoxy) is 2. The van der Waals surface area contributed by atoms with Gasteiger partial charge < -0.3 is 9.47 Å². The van der Waals surface area contributed by atoms with E-state index in [0.29, 0.717) is 33.8 Å². The van der Waals surface area contributed by atoms with E-state index in [1.165, 1.54) is 36.9 Å². The normalized spacial score (nSPS) is 23.9. The first-order valence-electron chi connectivity index (χ1n) is 17.2. The SMILES string of the molecule is Cc1cccc(S(=O)(=O)[C@@]2(C)CCO[C@H](c3cncc(S(C)(=O)=O)c3)C2)c1.Cc1cccc(S(=O)(=O)[C@]2(C)CCO[C@@H](c3cncc(S(C)(=O)=O)c3)C2)c1. The third kappa shape index (κ3) is 8.95. The third-order valence-corrected chi connectivity index (χ3v) is 17.3. The third-order valence-electron chi connectivity index (χ3n) is 10.1. The first kappa shape index (κ1) is 41.6. The van der Waals surface area contributed by atoms with E-state index in [4.69, 9.17) is 9.47 Å². The lowest BCUT2D eigenvalue weighted by molar-refractivity contribution is -0.000116. The van der Waals surface area contributed by atoms with Gasteiger partial charge in [-0.1, -0.05) is 24.3 Å². The van der Waals surface area contributed by atoms with Gasteiger partial charge in [-0.15, -0.1) is 0 Å². The number of benzene rings is 2. The van der Waals surface area contributed by atoms with Crippen LogP contribution in [0.1, 0.15) is 74.0 Å². The summed E-state index contributed by atoms with van der Waals surface area (Å²) in [5.74, 6) is 0. The summed E-state index contributed by atoms with van der Waals surface area (Å²) >= 11 is 0. The van der Waals surface area contributed by atoms with Crippen LogP contribution < -0.4 is 0 Å². The first-order chi connectivity index (χ1) is 25.1. The minimum Gasteiger partial charge on any atom is -0.373 e. The standard InChI is InChI=1S/2C19H23NO5S2/c2*1-14-5-4-6-16(9-14)27(23,24)19(2)7-8-25-18(11-19)15-10-17(13-20-12-15)26(3,21)22/h2*4-6,9-10,12-13,18H,7-8,11H2,1-3H3/t2*18-,19-/m10/s1. The highest BCUT2D eigenvalue weighted by Gasteiger charge is 2.46. The second-order valence-electron chi connectivity index (χ2n) is 14.6. The number of pyridine rings is 2. The van der Waals surface area contributed by atoms with E-state index in [0.717, 1.165) is 23.6 Å². The van der Waals surface area contributed by atoms with E-state index in [2.05, 4.69) is 9.97 Å². The molecule has 0 amide bonds. The maximum atomic E-state index is 13.3. The van der Waals surface area contributed by atoms with E-state index < -0.39 is 61.1 Å². The van der Waals surface area contributed by atoms with Crippen molar-refractivity contribution in [3.05, 3.63) is 108 Å². The molecule has 2 saturated heterocycles. The number of aromatic nitrogens is 2. The van der Waals surface area contributed by atoms with Gasteiger partial charge in [-0.2, -0.15) is 0 Å². The zero-order valence-electron chi connectivity index (χ0n) is 31.1. The molecule has 0 bridgehead atoms. The average molecular weight is 819 g/mol. The second kappa shape index (κ2) is 15.5. The molecule has 12 nitrogen and oxygen atoms in total. The van der Waals surface area contributed by atoms with Gasteiger partial charge >= 0.3 is 0 Å². The van der Waals surface area contributed by atoms with Crippen LogP contribution in [0.4, 0.5) is 0 Å². The quantitative estimate of drug-likeness (QED) is 0.210. The summed E-state index contributed by atoms with van der Waals surface area (Å²) in [6.07, 6.45) is 8.01. The van der Waals surface area contributed by atoms with Gasteiger partial charge in [0.2, 0.25) is 0 Å². The molecule has 4 atom stereocenters. The number of hydrogen-bond donors (Lipinski definition) is 0. The number of hydrogen-bond acceptors (Lipinski definition) is 12. The molecule has 6 rings (SSSR count). The fourth-order valence-corrected chi connectivity index (χ4v) is 11.6. The Kier molecular flexibility index (Phi) is 12.0. The smallest absolute Gasteiger partial charge is 0.184 e. The van der Waals surface area contributed by atoms with Gasteiger partial charge in [-0.25, -0.2) is 33.7 Å². The van der Waals surface area contributed by atoms with Crippen LogP contribution in [0, 0.1) is 13.8 Å². The molecule has 16 heteroatoms. The van der Waals surface area contributed by atoms with Crippen molar-refractivity contribution in [2.75, 3.05) is 25.7 Å². The summed E-state index contributed by atoms with van der Waals surface area (Å²) < 4.78 is 110. The molecule has 2 aromatic heterocycles. The Morgan fingerprint density at radius 3 is 1.26 bits per heavy atom. The van der Waals surface area contributed by atoms with Crippen LogP contribution in [0.3, 0.4) is 0 Å². The predicted octanol–water partition coefficient (Wildman–Crippen LogP) is 5.76. The highest BCUT2D eigenvalue weighted by Crippen LogP contribution is 2.43. The second-order valence-corrected chi connectivity index (χ2v) is 23.6. The van der Waals surface area contributed by atoms with Crippen LogP contribution in [-0.4, -0.2) is 78.9 Å². The topological polar surface area (TPSA) is 181 Å². The van der Waals surface area contributed by atoms with Crippen LogP contribution in [-0.2, 0) is 48.8 Å². The van der Waals surface area contributed by atoms with Crippen LogP contribution in [0.25, 0.3) is 0 Å². The number of rotatable bonds is 8. The van der Waals surface area contributed by atoms with Crippen molar-refractivity contribution in [2.45, 2.75) is 94.7 Å². The van der Waals surface area contributed by atoms with E-state index >= 15 is 0 Å². The molecule has 2 aliphatic heterocycles. The molecule has 0 saturated carbocycles. The van der Waals surface area contributed by atoms with E-state index in [9.17, 15) is 33.7 Å². The molecule has 2 aliphatic rings. The number of sulfone groups is 4. The summed E-state index contributed by atoms with van der Waals surface area (Å²) in [6.45, 7) is 7.72. The van der Waals surface area contributed by atoms with Gasteiger partial charge in [0, 0.05) is 61.6 Å². The first-order valence-corrected chi connectivity index (χ1v) is 24.0. The van der Waals surface area contributed by atoms with E-state index in [1.54, 1.807) is 50.2 Å². The molecular formula is C38H46N2O10S4. The van der Waals surface area contributed by atoms with Crippen LogP contribution in [0.2, 0.25) is 0 Å². The average Bonchev–Trinajstić information content (AvgIpc) is 3.11. The molecule has 292 valence electrons. The molecular weight excluding hydrogens is 773 g/mol. The van der Waals surface area contributed by atoms with Gasteiger partial charge in [0.15, 0.2) is 39.3 Å². The molecule has 54 heavy (non-hydrogen) atoms. The van der Waals surface area contributed by atoms with Crippen molar-refractivity contribution in [3.63, 3.8) is 0 Å². The van der Waals surface area contributed by atoms with Crippen LogP contribution in [0.5, 0.6) is 0 Å². The van der Waals surface area contributed by atoms with Gasteiger partial charge in [0.05, 0.1) is 41.3 Å². The number of nitrogens with zero attached hydrogens (tertiary/aromatic N) is 2. The molecule has 0 radical (unpaired) electrons. The molecule has 2 fully saturated rings. The maximum absolute atomic E-state index is 13.3. The Morgan fingerprint density at radius 1 is 0.556 bits per heavy atom. The lowest BCUT2D eigenvalue weighted by Crippen LogP contribution is -2.42. The molecule has 4 aromatic rings. The minimum atomic E-state index is -3.58. The monoisotopic (exact) mass is 818 g/mol. The lowest BCUT2D eigenvalue weighted by atomic mass is 9.93. The zero-order chi connectivity index (χ0) is 39.7. The highest BCUT2D eigenvalue weighted by atomic mass is 32.2. The Labute approximate surface area is 319 Å². The molecule has 4 heterocycles. The van der Waals surface area contributed by atoms with Gasteiger partial charge in [-0.05, 0) is 101 Å². The fraction of sp³-hybridized carbons (Fsp3) is 0.421. The van der Waals surface area contributed by atoms with E-state index in [-0.39, 0.29) is 35.8 Å². The van der Waals surface area contributed by atoms with Crippen molar-refractivity contribution in [3.8, 4) is 0 Å². The molecule has 0 unspecified atom stereocenters. The van der Waals surface area contributed by atoms with Gasteiger partial charge in [0.25, 0.3) is 0 Å². The minimum absolute atomic E-state index is 0.0948. The Hall–Kier alpha value is -3.54. The van der Waals surface area contributed by atoms with Crippen LogP contribution >= 0.6 is 0 Å². The number of aryl methyl sites for hydroxylation is 2. The van der Waals surface area contributed by atoms with Crippen molar-refractivity contribution in [2.24, 2.45) is 0 Å². The summed E-state index contributed by atoms with van der Waals surface area (Å²) in [6, 6.07) is 16.8. The van der Waals surface area contributed by atoms with Gasteiger partial charge in [-0.3, -0.25) is 9.97 Å². The van der Waals surface area contributed by atoms with Gasteiger partial charge in [0.1, 0.15) is 0 Å². The molecule has 0 aliphatic carbocycles. The molecule has 0 spiro atoms. The Balaban J connectivity index is 0.000000208. The van der Waals surface area contributed by atoms with Crippen molar-refractivity contribution in [1.82, 2.24) is 9.97 Å². The van der Waals surface area contributed by atoms with Crippen molar-refractivity contribution >= 4 is 39.3 Å². The highest BCUT2D eigenvalue weighted by molar-refractivity contribution is 7.93. The fourth-order valence-electron chi connectivity index (χ4n) is 6.62.